The average Bonchev–Trinajstić information content (AvgIpc) is 3.02. The van der Waals surface area contributed by atoms with Crippen molar-refractivity contribution in [1.82, 2.24) is 0 Å². The van der Waals surface area contributed by atoms with Gasteiger partial charge in [-0.05, 0) is 18.9 Å². The Balaban J connectivity index is 2.20. The number of hydrogen-bond donors (Lipinski definition) is 2. The zero-order valence-electron chi connectivity index (χ0n) is 10.1. The molecule has 0 spiro atoms. The summed E-state index contributed by atoms with van der Waals surface area (Å²) in [6, 6.07) is 1.54. The minimum Gasteiger partial charge on any atom is -0.506 e. The molecule has 1 saturated carbocycles. The number of ether oxygens (including phenoxy) is 2. The summed E-state index contributed by atoms with van der Waals surface area (Å²) in [7, 11) is 0. The number of hydrogen-bond acceptors (Lipinski definition) is 4. The number of aliphatic carboxylic acids is 1. The van der Waals surface area contributed by atoms with Crippen LogP contribution in [-0.2, 0) is 10.2 Å². The van der Waals surface area contributed by atoms with E-state index in [-0.39, 0.29) is 23.3 Å². The SMILES string of the molecule is O=C(O)C1(c2cc3c(c(Cl)c2O)OCO3)CCCC1. The third-order valence-corrected chi connectivity index (χ3v) is 4.31. The van der Waals surface area contributed by atoms with Gasteiger partial charge < -0.3 is 19.7 Å². The number of benzene rings is 1. The van der Waals surface area contributed by atoms with E-state index in [0.29, 0.717) is 24.2 Å². The van der Waals surface area contributed by atoms with Crippen LogP contribution in [0, 0.1) is 0 Å². The topological polar surface area (TPSA) is 76.0 Å². The molecule has 1 heterocycles. The Bertz CT molecular complexity index is 548. The second kappa shape index (κ2) is 4.20. The fraction of sp³-hybridized carbons (Fsp3) is 0.462. The first-order valence-corrected chi connectivity index (χ1v) is 6.49. The summed E-state index contributed by atoms with van der Waals surface area (Å²) in [4.78, 5) is 11.7. The zero-order valence-corrected chi connectivity index (χ0v) is 10.9. The number of carboxylic acid groups (broad SMARTS) is 1. The van der Waals surface area contributed by atoms with Crippen LogP contribution in [-0.4, -0.2) is 23.0 Å². The molecule has 2 aliphatic rings. The molecule has 1 fully saturated rings. The van der Waals surface area contributed by atoms with Crippen LogP contribution in [0.15, 0.2) is 6.07 Å². The van der Waals surface area contributed by atoms with Crippen molar-refractivity contribution in [3.63, 3.8) is 0 Å². The van der Waals surface area contributed by atoms with Crippen LogP contribution < -0.4 is 9.47 Å². The van der Waals surface area contributed by atoms with E-state index in [1.54, 1.807) is 6.07 Å². The normalized spacial score (nSPS) is 19.6. The average molecular weight is 285 g/mol. The molecule has 0 radical (unpaired) electrons. The predicted octanol–water partition coefficient (Wildman–Crippen LogP) is 2.67. The highest BCUT2D eigenvalue weighted by molar-refractivity contribution is 6.34. The molecule has 6 heteroatoms. The van der Waals surface area contributed by atoms with Gasteiger partial charge in [0.25, 0.3) is 0 Å². The lowest BCUT2D eigenvalue weighted by atomic mass is 9.78. The van der Waals surface area contributed by atoms with Gasteiger partial charge in [-0.3, -0.25) is 4.79 Å². The van der Waals surface area contributed by atoms with Gasteiger partial charge >= 0.3 is 5.97 Å². The number of fused-ring (bicyclic) bond motifs is 1. The standard InChI is InChI=1S/C13H13ClO5/c14-9-10(15)7(5-8-11(9)19-6-18-8)13(12(16)17)3-1-2-4-13/h5,15H,1-4,6H2,(H,16,17). The Morgan fingerprint density at radius 1 is 1.32 bits per heavy atom. The lowest BCUT2D eigenvalue weighted by Gasteiger charge is -2.25. The third kappa shape index (κ3) is 1.64. The van der Waals surface area contributed by atoms with E-state index in [4.69, 9.17) is 21.1 Å². The van der Waals surface area contributed by atoms with Gasteiger partial charge in [0.05, 0.1) is 5.41 Å². The van der Waals surface area contributed by atoms with Crippen LogP contribution >= 0.6 is 11.6 Å². The van der Waals surface area contributed by atoms with E-state index in [1.165, 1.54) is 0 Å². The van der Waals surface area contributed by atoms with E-state index in [0.717, 1.165) is 12.8 Å². The summed E-state index contributed by atoms with van der Waals surface area (Å²) >= 11 is 6.04. The highest BCUT2D eigenvalue weighted by atomic mass is 35.5. The Morgan fingerprint density at radius 3 is 2.63 bits per heavy atom. The van der Waals surface area contributed by atoms with E-state index in [2.05, 4.69) is 0 Å². The highest BCUT2D eigenvalue weighted by Gasteiger charge is 2.46. The Morgan fingerprint density at radius 2 is 2.00 bits per heavy atom. The summed E-state index contributed by atoms with van der Waals surface area (Å²) in [5.74, 6) is -0.475. The quantitative estimate of drug-likeness (QED) is 0.873. The minimum absolute atomic E-state index is 0.0255. The first-order chi connectivity index (χ1) is 9.06. The fourth-order valence-electron chi connectivity index (χ4n) is 2.93. The van der Waals surface area contributed by atoms with Crippen molar-refractivity contribution in [3.8, 4) is 17.2 Å². The van der Waals surface area contributed by atoms with Crippen molar-refractivity contribution in [1.29, 1.82) is 0 Å². The van der Waals surface area contributed by atoms with Crippen molar-refractivity contribution >= 4 is 17.6 Å². The maximum absolute atomic E-state index is 11.7. The van der Waals surface area contributed by atoms with Crippen molar-refractivity contribution in [2.24, 2.45) is 0 Å². The van der Waals surface area contributed by atoms with Crippen LogP contribution in [0.1, 0.15) is 31.2 Å². The molecule has 3 rings (SSSR count). The van der Waals surface area contributed by atoms with Crippen LogP contribution in [0.2, 0.25) is 5.02 Å². The molecule has 19 heavy (non-hydrogen) atoms. The Hall–Kier alpha value is -1.62. The molecule has 2 N–H and O–H groups in total. The van der Waals surface area contributed by atoms with Gasteiger partial charge in [0, 0.05) is 5.56 Å². The molecule has 1 aliphatic carbocycles. The number of aromatic hydroxyl groups is 1. The molecular formula is C13H13ClO5. The second-order valence-electron chi connectivity index (χ2n) is 4.91. The summed E-state index contributed by atoms with van der Waals surface area (Å²) in [5, 5.41) is 19.8. The summed E-state index contributed by atoms with van der Waals surface area (Å²) in [6.07, 6.45) is 2.62. The first-order valence-electron chi connectivity index (χ1n) is 6.11. The van der Waals surface area contributed by atoms with Crippen molar-refractivity contribution in [2.75, 3.05) is 6.79 Å². The molecule has 5 nitrogen and oxygen atoms in total. The highest BCUT2D eigenvalue weighted by Crippen LogP contribution is 2.53. The molecule has 1 aliphatic heterocycles. The zero-order chi connectivity index (χ0) is 13.6. The maximum atomic E-state index is 11.7. The lowest BCUT2D eigenvalue weighted by Crippen LogP contribution is -2.32. The second-order valence-corrected chi connectivity index (χ2v) is 5.29. The Kier molecular flexibility index (Phi) is 2.74. The molecule has 0 amide bonds. The van der Waals surface area contributed by atoms with Gasteiger partial charge in [-0.15, -0.1) is 0 Å². The molecule has 1 aromatic carbocycles. The molecule has 0 unspecified atom stereocenters. The van der Waals surface area contributed by atoms with Crippen LogP contribution in [0.4, 0.5) is 0 Å². The number of phenolic OH excluding ortho intramolecular Hbond substituents is 1. The minimum atomic E-state index is -1.07. The number of halogens is 1. The van der Waals surface area contributed by atoms with E-state index in [1.807, 2.05) is 0 Å². The largest absolute Gasteiger partial charge is 0.506 e. The van der Waals surface area contributed by atoms with Crippen molar-refractivity contribution in [3.05, 3.63) is 16.7 Å². The maximum Gasteiger partial charge on any atom is 0.314 e. The predicted molar refractivity (Wildman–Crippen MR) is 67.0 cm³/mol. The van der Waals surface area contributed by atoms with Gasteiger partial charge in [0.1, 0.15) is 10.8 Å². The molecule has 0 atom stereocenters. The van der Waals surface area contributed by atoms with Crippen molar-refractivity contribution < 1.29 is 24.5 Å². The molecular weight excluding hydrogens is 272 g/mol. The number of carbonyl (C=O) groups is 1. The number of carboxylic acids is 1. The molecule has 0 bridgehead atoms. The monoisotopic (exact) mass is 284 g/mol. The van der Waals surface area contributed by atoms with E-state index in [9.17, 15) is 15.0 Å². The Labute approximate surface area is 114 Å². The van der Waals surface area contributed by atoms with Crippen LogP contribution in [0.3, 0.4) is 0 Å². The van der Waals surface area contributed by atoms with Gasteiger partial charge in [0.15, 0.2) is 11.5 Å². The fourth-order valence-corrected chi connectivity index (χ4v) is 3.18. The summed E-state index contributed by atoms with van der Waals surface area (Å²) in [5.41, 5.74) is -0.749. The van der Waals surface area contributed by atoms with Gasteiger partial charge in [-0.25, -0.2) is 0 Å². The molecule has 0 saturated heterocycles. The van der Waals surface area contributed by atoms with Gasteiger partial charge in [-0.2, -0.15) is 0 Å². The first kappa shape index (κ1) is 12.4. The van der Waals surface area contributed by atoms with E-state index >= 15 is 0 Å². The molecule has 0 aromatic heterocycles. The smallest absolute Gasteiger partial charge is 0.314 e. The van der Waals surface area contributed by atoms with Gasteiger partial charge in [-0.1, -0.05) is 24.4 Å². The number of phenols is 1. The van der Waals surface area contributed by atoms with Gasteiger partial charge in [0.2, 0.25) is 6.79 Å². The summed E-state index contributed by atoms with van der Waals surface area (Å²) < 4.78 is 10.4. The van der Waals surface area contributed by atoms with Crippen molar-refractivity contribution in [2.45, 2.75) is 31.1 Å². The summed E-state index contributed by atoms with van der Waals surface area (Å²) in [6.45, 7) is 0.0258. The molecule has 1 aromatic rings. The third-order valence-electron chi connectivity index (χ3n) is 3.96. The van der Waals surface area contributed by atoms with Crippen LogP contribution in [0.25, 0.3) is 0 Å². The van der Waals surface area contributed by atoms with Crippen LogP contribution in [0.5, 0.6) is 17.2 Å². The lowest BCUT2D eigenvalue weighted by molar-refractivity contribution is -0.143. The molecule has 102 valence electrons. The van der Waals surface area contributed by atoms with E-state index < -0.39 is 11.4 Å². The number of rotatable bonds is 2.